The number of nitrogens with two attached hydrogens (primary N) is 1. The van der Waals surface area contributed by atoms with Crippen LogP contribution in [0, 0.1) is 5.92 Å². The van der Waals surface area contributed by atoms with Crippen molar-refractivity contribution < 1.29 is 4.74 Å². The largest absolute Gasteiger partial charge is 0.383 e. The maximum atomic E-state index is 6.33. The first-order chi connectivity index (χ1) is 10.1. The number of nitrogen functional groups attached to an aromatic ring is 1. The molecule has 4 heteroatoms. The number of hydrogen-bond donors (Lipinski definition) is 1. The van der Waals surface area contributed by atoms with Gasteiger partial charge < -0.3 is 15.0 Å². The van der Waals surface area contributed by atoms with Gasteiger partial charge >= 0.3 is 0 Å². The molecule has 0 aliphatic rings. The Morgan fingerprint density at radius 2 is 1.90 bits per heavy atom. The molecule has 0 saturated heterocycles. The van der Waals surface area contributed by atoms with Gasteiger partial charge in [-0.1, -0.05) is 45.0 Å². The van der Waals surface area contributed by atoms with E-state index in [-0.39, 0.29) is 0 Å². The molecule has 0 amide bonds. The van der Waals surface area contributed by atoms with Crippen molar-refractivity contribution in [3.8, 4) is 11.3 Å². The van der Waals surface area contributed by atoms with Crippen LogP contribution in [0.4, 0.5) is 5.82 Å². The van der Waals surface area contributed by atoms with Gasteiger partial charge in [-0.05, 0) is 11.5 Å². The number of imidazole rings is 1. The van der Waals surface area contributed by atoms with Crippen molar-refractivity contribution in [2.75, 3.05) is 12.8 Å². The third-order valence-electron chi connectivity index (χ3n) is 3.49. The summed E-state index contributed by atoms with van der Waals surface area (Å²) in [5.74, 6) is 2.36. The first-order valence-electron chi connectivity index (χ1n) is 7.49. The minimum Gasteiger partial charge on any atom is -0.383 e. The molecule has 0 unspecified atom stereocenters. The third-order valence-corrected chi connectivity index (χ3v) is 3.49. The molecule has 0 fully saturated rings. The minimum atomic E-state index is 0.545. The Labute approximate surface area is 127 Å². The average molecular weight is 287 g/mol. The van der Waals surface area contributed by atoms with Gasteiger partial charge in [0, 0.05) is 25.6 Å². The van der Waals surface area contributed by atoms with Crippen LogP contribution in [0.1, 0.15) is 32.2 Å². The number of hydrogen-bond acceptors (Lipinski definition) is 3. The fourth-order valence-corrected chi connectivity index (χ4v) is 2.49. The number of nitrogens with zero attached hydrogens (tertiary/aromatic N) is 2. The zero-order chi connectivity index (χ0) is 15.4. The van der Waals surface area contributed by atoms with Gasteiger partial charge in [-0.15, -0.1) is 0 Å². The highest BCUT2D eigenvalue weighted by Crippen LogP contribution is 2.27. The monoisotopic (exact) mass is 287 g/mol. The highest BCUT2D eigenvalue weighted by Gasteiger charge is 2.15. The number of aromatic nitrogens is 2. The van der Waals surface area contributed by atoms with Crippen LogP contribution < -0.4 is 5.73 Å². The van der Waals surface area contributed by atoms with Gasteiger partial charge in [0.05, 0.1) is 6.61 Å². The lowest BCUT2D eigenvalue weighted by atomic mass is 10.1. The molecule has 21 heavy (non-hydrogen) atoms. The Morgan fingerprint density at radius 3 is 2.43 bits per heavy atom. The second-order valence-electron chi connectivity index (χ2n) is 5.75. The molecular formula is C17H25N3O. The third kappa shape index (κ3) is 3.45. The molecule has 4 nitrogen and oxygen atoms in total. The van der Waals surface area contributed by atoms with Gasteiger partial charge in [0.15, 0.2) is 0 Å². The van der Waals surface area contributed by atoms with Crippen molar-refractivity contribution in [1.82, 2.24) is 9.55 Å². The molecule has 1 heterocycles. The van der Waals surface area contributed by atoms with Crippen molar-refractivity contribution in [2.24, 2.45) is 5.92 Å². The number of benzene rings is 1. The molecule has 0 atom stereocenters. The topological polar surface area (TPSA) is 53.1 Å². The van der Waals surface area contributed by atoms with Crippen LogP contribution >= 0.6 is 0 Å². The van der Waals surface area contributed by atoms with Crippen LogP contribution in [-0.2, 0) is 24.3 Å². The summed E-state index contributed by atoms with van der Waals surface area (Å²) in [6.45, 7) is 8.03. The molecule has 2 N–H and O–H groups in total. The predicted molar refractivity (Wildman–Crippen MR) is 87.0 cm³/mol. The van der Waals surface area contributed by atoms with Gasteiger partial charge in [-0.3, -0.25) is 0 Å². The average Bonchev–Trinajstić information content (AvgIpc) is 2.77. The van der Waals surface area contributed by atoms with Crippen LogP contribution in [-0.4, -0.2) is 16.7 Å². The summed E-state index contributed by atoms with van der Waals surface area (Å²) >= 11 is 0. The van der Waals surface area contributed by atoms with Crippen molar-refractivity contribution in [3.63, 3.8) is 0 Å². The summed E-state index contributed by atoms with van der Waals surface area (Å²) in [5.41, 5.74) is 9.43. The molecule has 0 aliphatic heterocycles. The Bertz CT molecular complexity index is 585. The van der Waals surface area contributed by atoms with E-state index in [1.54, 1.807) is 7.11 Å². The molecule has 1 aromatic carbocycles. The second-order valence-corrected chi connectivity index (χ2v) is 5.75. The van der Waals surface area contributed by atoms with E-state index in [0.717, 1.165) is 41.4 Å². The van der Waals surface area contributed by atoms with E-state index in [1.807, 2.05) is 0 Å². The summed E-state index contributed by atoms with van der Waals surface area (Å²) in [5, 5.41) is 0. The molecule has 2 aromatic rings. The predicted octanol–water partition coefficient (Wildman–Crippen LogP) is 3.50. The van der Waals surface area contributed by atoms with E-state index in [9.17, 15) is 0 Å². The van der Waals surface area contributed by atoms with Gasteiger partial charge in [0.1, 0.15) is 17.3 Å². The van der Waals surface area contributed by atoms with Crippen LogP contribution in [0.25, 0.3) is 11.3 Å². The van der Waals surface area contributed by atoms with Crippen molar-refractivity contribution in [2.45, 2.75) is 40.3 Å². The lowest BCUT2D eigenvalue weighted by molar-refractivity contribution is 0.185. The lowest BCUT2D eigenvalue weighted by Crippen LogP contribution is -2.10. The number of methoxy groups -OCH3 is 1. The van der Waals surface area contributed by atoms with E-state index in [0.29, 0.717) is 12.5 Å². The van der Waals surface area contributed by atoms with Crippen molar-refractivity contribution in [1.29, 1.82) is 0 Å². The van der Waals surface area contributed by atoms with Crippen molar-refractivity contribution in [3.05, 3.63) is 35.7 Å². The molecule has 2 rings (SSSR count). The first kappa shape index (κ1) is 15.6. The summed E-state index contributed by atoms with van der Waals surface area (Å²) in [4.78, 5) is 4.73. The van der Waals surface area contributed by atoms with Gasteiger partial charge in [0.2, 0.25) is 0 Å². The molecule has 1 aromatic heterocycles. The van der Waals surface area contributed by atoms with E-state index in [1.165, 1.54) is 0 Å². The number of aryl methyl sites for hydroxylation is 1. The SMILES string of the molecule is CCc1nc(-c2ccc(COC)cc2)c(N)n1CC(C)C. The normalized spacial score (nSPS) is 11.3. The maximum Gasteiger partial charge on any atom is 0.131 e. The molecule has 0 saturated carbocycles. The standard InChI is InChI=1S/C17H25N3O/c1-5-15-19-16(17(18)20(15)10-12(2)3)14-8-6-13(7-9-14)11-21-4/h6-9,12H,5,10-11,18H2,1-4H3. The maximum absolute atomic E-state index is 6.33. The summed E-state index contributed by atoms with van der Waals surface area (Å²) in [6, 6.07) is 8.25. The Morgan fingerprint density at radius 1 is 1.24 bits per heavy atom. The Hall–Kier alpha value is -1.81. The van der Waals surface area contributed by atoms with Gasteiger partial charge in [-0.2, -0.15) is 0 Å². The van der Waals surface area contributed by atoms with E-state index < -0.39 is 0 Å². The van der Waals surface area contributed by atoms with Gasteiger partial charge in [0.25, 0.3) is 0 Å². The lowest BCUT2D eigenvalue weighted by Gasteiger charge is -2.11. The van der Waals surface area contributed by atoms with Crippen LogP contribution in [0.3, 0.4) is 0 Å². The molecule has 0 spiro atoms. The molecule has 0 radical (unpaired) electrons. The fraction of sp³-hybridized carbons (Fsp3) is 0.471. The fourth-order valence-electron chi connectivity index (χ4n) is 2.49. The zero-order valence-electron chi connectivity index (χ0n) is 13.4. The summed E-state index contributed by atoms with van der Waals surface area (Å²) in [7, 11) is 1.70. The first-order valence-corrected chi connectivity index (χ1v) is 7.49. The Kier molecular flexibility index (Phi) is 5.02. The highest BCUT2D eigenvalue weighted by molar-refractivity contribution is 5.71. The van der Waals surface area contributed by atoms with E-state index in [4.69, 9.17) is 15.5 Å². The van der Waals surface area contributed by atoms with Crippen LogP contribution in [0.2, 0.25) is 0 Å². The molecule has 0 bridgehead atoms. The summed E-state index contributed by atoms with van der Waals surface area (Å²) < 4.78 is 7.28. The minimum absolute atomic E-state index is 0.545. The molecular weight excluding hydrogens is 262 g/mol. The molecule has 114 valence electrons. The zero-order valence-corrected chi connectivity index (χ0v) is 13.4. The van der Waals surface area contributed by atoms with Gasteiger partial charge in [-0.25, -0.2) is 4.98 Å². The molecule has 0 aliphatic carbocycles. The van der Waals surface area contributed by atoms with Crippen molar-refractivity contribution >= 4 is 5.82 Å². The second kappa shape index (κ2) is 6.76. The summed E-state index contributed by atoms with van der Waals surface area (Å²) in [6.07, 6.45) is 0.888. The van der Waals surface area contributed by atoms with Crippen LogP contribution in [0.15, 0.2) is 24.3 Å². The quantitative estimate of drug-likeness (QED) is 0.884. The highest BCUT2D eigenvalue weighted by atomic mass is 16.5. The number of rotatable bonds is 6. The van der Waals surface area contributed by atoms with E-state index >= 15 is 0 Å². The van der Waals surface area contributed by atoms with Crippen LogP contribution in [0.5, 0.6) is 0 Å². The Balaban J connectivity index is 2.37. The number of ether oxygens (including phenoxy) is 1. The smallest absolute Gasteiger partial charge is 0.131 e. The number of anilines is 1. The van der Waals surface area contributed by atoms with E-state index in [2.05, 4.69) is 49.6 Å².